The minimum Gasteiger partial charge on any atom is -0.493 e. The Bertz CT molecular complexity index is 988. The van der Waals surface area contributed by atoms with Gasteiger partial charge in [0.1, 0.15) is 5.75 Å². The molecule has 128 valence electrons. The maximum atomic E-state index is 11.8. The van der Waals surface area contributed by atoms with Crippen LogP contribution in [0, 0.1) is 0 Å². The molecule has 0 aliphatic rings. The van der Waals surface area contributed by atoms with Gasteiger partial charge in [0.15, 0.2) is 12.3 Å². The van der Waals surface area contributed by atoms with Gasteiger partial charge < -0.3 is 14.8 Å². The summed E-state index contributed by atoms with van der Waals surface area (Å²) >= 11 is 15.1. The second-order valence-corrected chi connectivity index (χ2v) is 6.64. The first kappa shape index (κ1) is 17.7. The van der Waals surface area contributed by atoms with E-state index in [2.05, 4.69) is 31.1 Å². The van der Waals surface area contributed by atoms with Crippen LogP contribution in [-0.2, 0) is 4.79 Å². The van der Waals surface area contributed by atoms with Crippen LogP contribution in [0.3, 0.4) is 0 Å². The number of hydrogen-bond donors (Lipinski definition) is 2. The molecule has 3 aromatic rings. The zero-order valence-corrected chi connectivity index (χ0v) is 15.6. The van der Waals surface area contributed by atoms with Gasteiger partial charge in [0.05, 0.1) is 10.5 Å². The van der Waals surface area contributed by atoms with Crippen molar-refractivity contribution in [2.45, 2.75) is 0 Å². The smallest absolute Gasteiger partial charge is 0.302 e. The molecule has 0 radical (unpaired) electrons. The van der Waals surface area contributed by atoms with E-state index in [0.29, 0.717) is 21.7 Å². The molecule has 0 spiro atoms. The SMILES string of the molecule is O=C(COc1ccc(Cl)cc1Cl)N=Nc1c(O)[nH]c2c(Br)cccc12. The summed E-state index contributed by atoms with van der Waals surface area (Å²) in [6.45, 7) is -0.350. The summed E-state index contributed by atoms with van der Waals surface area (Å²) in [6.07, 6.45) is 0. The van der Waals surface area contributed by atoms with Gasteiger partial charge in [-0.15, -0.1) is 10.2 Å². The summed E-state index contributed by atoms with van der Waals surface area (Å²) in [5, 5.41) is 18.7. The van der Waals surface area contributed by atoms with Crippen molar-refractivity contribution in [2.24, 2.45) is 10.2 Å². The second-order valence-electron chi connectivity index (χ2n) is 4.94. The van der Waals surface area contributed by atoms with Crippen molar-refractivity contribution < 1.29 is 14.6 Å². The third-order valence-corrected chi connectivity index (χ3v) is 4.43. The Kier molecular flexibility index (Phi) is 5.27. The lowest BCUT2D eigenvalue weighted by Gasteiger charge is -2.05. The molecule has 0 aliphatic carbocycles. The fourth-order valence-electron chi connectivity index (χ4n) is 2.12. The minimum atomic E-state index is -0.630. The summed E-state index contributed by atoms with van der Waals surface area (Å²) in [5.41, 5.74) is 0.833. The molecule has 3 rings (SSSR count). The van der Waals surface area contributed by atoms with Crippen LogP contribution in [0.1, 0.15) is 0 Å². The molecule has 0 fully saturated rings. The first-order valence-corrected chi connectivity index (χ1v) is 8.52. The molecule has 0 aliphatic heterocycles. The monoisotopic (exact) mass is 441 g/mol. The third-order valence-electron chi connectivity index (χ3n) is 3.24. The number of aromatic amines is 1. The van der Waals surface area contributed by atoms with Crippen LogP contribution in [0.5, 0.6) is 11.6 Å². The van der Waals surface area contributed by atoms with Crippen molar-refractivity contribution >= 4 is 61.6 Å². The molecule has 0 saturated carbocycles. The Morgan fingerprint density at radius 1 is 1.28 bits per heavy atom. The highest BCUT2D eigenvalue weighted by molar-refractivity contribution is 9.10. The van der Waals surface area contributed by atoms with E-state index in [1.54, 1.807) is 24.3 Å². The highest BCUT2D eigenvalue weighted by Gasteiger charge is 2.13. The molecule has 1 heterocycles. The van der Waals surface area contributed by atoms with Crippen molar-refractivity contribution in [2.75, 3.05) is 6.61 Å². The lowest BCUT2D eigenvalue weighted by atomic mass is 10.2. The molecule has 0 bridgehead atoms. The molecule has 2 aromatic carbocycles. The summed E-state index contributed by atoms with van der Waals surface area (Å²) in [5.74, 6) is -0.497. The zero-order chi connectivity index (χ0) is 18.0. The number of carbonyl (C=O) groups is 1. The second kappa shape index (κ2) is 7.43. The summed E-state index contributed by atoms with van der Waals surface area (Å²) in [7, 11) is 0. The number of benzene rings is 2. The number of amides is 1. The number of para-hydroxylation sites is 1. The maximum Gasteiger partial charge on any atom is 0.302 e. The van der Waals surface area contributed by atoms with Crippen LogP contribution >= 0.6 is 39.1 Å². The Morgan fingerprint density at radius 3 is 2.84 bits per heavy atom. The molecular formula is C16H10BrCl2N3O3. The number of fused-ring (bicyclic) bond motifs is 1. The van der Waals surface area contributed by atoms with E-state index in [0.717, 1.165) is 4.47 Å². The van der Waals surface area contributed by atoms with Crippen LogP contribution in [0.4, 0.5) is 5.69 Å². The molecule has 1 amide bonds. The van der Waals surface area contributed by atoms with Gasteiger partial charge in [-0.05, 0) is 40.2 Å². The third kappa shape index (κ3) is 3.95. The van der Waals surface area contributed by atoms with Crippen LogP contribution < -0.4 is 4.74 Å². The van der Waals surface area contributed by atoms with E-state index in [9.17, 15) is 9.90 Å². The number of aromatic hydroxyl groups is 1. The summed E-state index contributed by atoms with van der Waals surface area (Å²) in [6, 6.07) is 10.0. The first-order valence-electron chi connectivity index (χ1n) is 6.97. The lowest BCUT2D eigenvalue weighted by Crippen LogP contribution is -2.08. The Morgan fingerprint density at radius 2 is 2.08 bits per heavy atom. The van der Waals surface area contributed by atoms with Crippen molar-refractivity contribution in [3.8, 4) is 11.6 Å². The van der Waals surface area contributed by atoms with E-state index in [1.807, 2.05) is 6.07 Å². The van der Waals surface area contributed by atoms with Gasteiger partial charge in [-0.2, -0.15) is 0 Å². The zero-order valence-electron chi connectivity index (χ0n) is 12.5. The molecule has 25 heavy (non-hydrogen) atoms. The van der Waals surface area contributed by atoms with Gasteiger partial charge in [-0.25, -0.2) is 0 Å². The average Bonchev–Trinajstić information content (AvgIpc) is 2.89. The number of halogens is 3. The van der Waals surface area contributed by atoms with Crippen molar-refractivity contribution in [1.82, 2.24) is 4.98 Å². The van der Waals surface area contributed by atoms with Gasteiger partial charge >= 0.3 is 5.91 Å². The van der Waals surface area contributed by atoms with Crippen LogP contribution in [-0.4, -0.2) is 22.6 Å². The Hall–Kier alpha value is -2.09. The van der Waals surface area contributed by atoms with Crippen molar-refractivity contribution in [3.63, 3.8) is 0 Å². The highest BCUT2D eigenvalue weighted by Crippen LogP contribution is 2.38. The number of rotatable bonds is 4. The molecule has 0 saturated heterocycles. The largest absolute Gasteiger partial charge is 0.493 e. The molecule has 0 unspecified atom stereocenters. The van der Waals surface area contributed by atoms with Crippen molar-refractivity contribution in [3.05, 3.63) is 50.9 Å². The normalized spacial score (nSPS) is 11.3. The number of carbonyl (C=O) groups excluding carboxylic acids is 1. The predicted molar refractivity (Wildman–Crippen MR) is 99.1 cm³/mol. The molecule has 9 heteroatoms. The van der Waals surface area contributed by atoms with E-state index in [1.165, 1.54) is 6.07 Å². The number of nitrogens with zero attached hydrogens (tertiary/aromatic N) is 2. The van der Waals surface area contributed by atoms with E-state index in [4.69, 9.17) is 27.9 Å². The van der Waals surface area contributed by atoms with Gasteiger partial charge in [-0.1, -0.05) is 35.3 Å². The number of hydrogen-bond acceptors (Lipinski definition) is 4. The standard InChI is InChI=1S/C16H10BrCl2N3O3/c17-10-3-1-2-9-14(10)20-16(24)15(9)22-21-13(23)7-25-12-5-4-8(18)6-11(12)19/h1-6,20,24H,7H2. The first-order chi connectivity index (χ1) is 12.0. The van der Waals surface area contributed by atoms with Crippen LogP contribution in [0.2, 0.25) is 10.0 Å². The Balaban J connectivity index is 1.73. The molecular weight excluding hydrogens is 433 g/mol. The van der Waals surface area contributed by atoms with Crippen LogP contribution in [0.25, 0.3) is 10.9 Å². The number of H-pyrrole nitrogens is 1. The van der Waals surface area contributed by atoms with E-state index >= 15 is 0 Å². The Labute approximate surface area is 160 Å². The maximum absolute atomic E-state index is 11.8. The fraction of sp³-hybridized carbons (Fsp3) is 0.0625. The van der Waals surface area contributed by atoms with Gasteiger partial charge in [0.25, 0.3) is 0 Å². The molecule has 0 atom stereocenters. The average molecular weight is 443 g/mol. The molecule has 2 N–H and O–H groups in total. The highest BCUT2D eigenvalue weighted by atomic mass is 79.9. The molecule has 6 nitrogen and oxygen atoms in total. The number of nitrogens with one attached hydrogen (secondary N) is 1. The predicted octanol–water partition coefficient (Wildman–Crippen LogP) is 5.63. The fourth-order valence-corrected chi connectivity index (χ4v) is 3.05. The minimum absolute atomic E-state index is 0.175. The lowest BCUT2D eigenvalue weighted by molar-refractivity contribution is -0.120. The van der Waals surface area contributed by atoms with E-state index < -0.39 is 5.91 Å². The number of ether oxygens (including phenoxy) is 1. The number of aromatic nitrogens is 1. The van der Waals surface area contributed by atoms with Crippen molar-refractivity contribution in [1.29, 1.82) is 0 Å². The topological polar surface area (TPSA) is 87.0 Å². The summed E-state index contributed by atoms with van der Waals surface area (Å²) < 4.78 is 6.05. The van der Waals surface area contributed by atoms with E-state index in [-0.39, 0.29) is 23.2 Å². The quantitative estimate of drug-likeness (QED) is 0.513. The molecule has 1 aromatic heterocycles. The van der Waals surface area contributed by atoms with Gasteiger partial charge in [0, 0.05) is 14.9 Å². The van der Waals surface area contributed by atoms with Crippen LogP contribution in [0.15, 0.2) is 51.1 Å². The van der Waals surface area contributed by atoms with Gasteiger partial charge in [0.2, 0.25) is 5.88 Å². The summed E-state index contributed by atoms with van der Waals surface area (Å²) in [4.78, 5) is 14.6. The van der Waals surface area contributed by atoms with Gasteiger partial charge in [-0.3, -0.25) is 4.79 Å². The number of azo groups is 1.